The maximum atomic E-state index is 13.7. The van der Waals surface area contributed by atoms with Crippen LogP contribution in [0.15, 0.2) is 83.3 Å². The van der Waals surface area contributed by atoms with Gasteiger partial charge in [-0.05, 0) is 61.7 Å². The molecule has 0 aromatic heterocycles. The molecule has 0 aliphatic heterocycles. The van der Waals surface area contributed by atoms with E-state index in [1.54, 1.807) is 23.8 Å². The van der Waals surface area contributed by atoms with Gasteiger partial charge in [0.15, 0.2) is 0 Å². The summed E-state index contributed by atoms with van der Waals surface area (Å²) >= 11 is 5.03. The van der Waals surface area contributed by atoms with E-state index in [-0.39, 0.29) is 17.6 Å². The second kappa shape index (κ2) is 13.7. The number of rotatable bonds is 11. The fraction of sp³-hybridized carbons (Fsp3) is 0.333. The maximum absolute atomic E-state index is 13.7. The summed E-state index contributed by atoms with van der Waals surface area (Å²) in [7, 11) is 1.64. The lowest BCUT2D eigenvalue weighted by atomic mass is 10.0. The molecule has 3 aromatic rings. The van der Waals surface area contributed by atoms with Gasteiger partial charge in [-0.1, -0.05) is 70.5 Å². The Hall–Kier alpha value is -2.77. The number of hydrogen-bond acceptors (Lipinski definition) is 4. The van der Waals surface area contributed by atoms with Crippen molar-refractivity contribution in [2.24, 2.45) is 0 Å². The Labute approximate surface area is 233 Å². The largest absolute Gasteiger partial charge is 0.497 e. The molecule has 0 spiro atoms. The van der Waals surface area contributed by atoms with Gasteiger partial charge in [0.2, 0.25) is 11.8 Å². The van der Waals surface area contributed by atoms with Gasteiger partial charge in [-0.3, -0.25) is 9.59 Å². The van der Waals surface area contributed by atoms with Crippen LogP contribution in [0.25, 0.3) is 0 Å². The van der Waals surface area contributed by atoms with Crippen molar-refractivity contribution in [2.75, 3.05) is 12.9 Å². The lowest BCUT2D eigenvalue weighted by Crippen LogP contribution is -2.54. The molecular formula is C30H35BrN2O3S. The zero-order valence-corrected chi connectivity index (χ0v) is 24.3. The zero-order chi connectivity index (χ0) is 26.8. The monoisotopic (exact) mass is 582 g/mol. The van der Waals surface area contributed by atoms with Crippen molar-refractivity contribution in [3.63, 3.8) is 0 Å². The van der Waals surface area contributed by atoms with Crippen LogP contribution in [0.2, 0.25) is 0 Å². The van der Waals surface area contributed by atoms with Crippen molar-refractivity contribution >= 4 is 39.5 Å². The van der Waals surface area contributed by atoms with Gasteiger partial charge in [0.25, 0.3) is 0 Å². The second-order valence-corrected chi connectivity index (χ2v) is 11.8. The number of methoxy groups -OCH3 is 1. The first-order valence-electron chi connectivity index (χ1n) is 12.2. The van der Waals surface area contributed by atoms with Crippen LogP contribution in [0.3, 0.4) is 0 Å². The van der Waals surface area contributed by atoms with Crippen LogP contribution in [0.4, 0.5) is 0 Å². The van der Waals surface area contributed by atoms with E-state index < -0.39 is 11.6 Å². The summed E-state index contributed by atoms with van der Waals surface area (Å²) in [6, 6.07) is 25.0. The number of nitrogens with zero attached hydrogens (tertiary/aromatic N) is 1. The summed E-state index contributed by atoms with van der Waals surface area (Å²) in [5, 5.41) is 3.10. The normalized spacial score (nSPS) is 12.0. The van der Waals surface area contributed by atoms with Crippen LogP contribution < -0.4 is 10.1 Å². The highest BCUT2D eigenvalue weighted by atomic mass is 79.9. The van der Waals surface area contributed by atoms with E-state index in [1.807, 2.05) is 99.6 Å². The molecule has 3 aromatic carbocycles. The molecule has 0 saturated carbocycles. The Morgan fingerprint density at radius 1 is 0.919 bits per heavy atom. The number of benzene rings is 3. The van der Waals surface area contributed by atoms with E-state index in [4.69, 9.17) is 4.74 Å². The van der Waals surface area contributed by atoms with Gasteiger partial charge in [0, 0.05) is 28.7 Å². The lowest BCUT2D eigenvalue weighted by molar-refractivity contribution is -0.140. The van der Waals surface area contributed by atoms with Gasteiger partial charge in [-0.15, -0.1) is 11.8 Å². The quantitative estimate of drug-likeness (QED) is 0.290. The molecule has 7 heteroatoms. The Morgan fingerprint density at radius 2 is 1.54 bits per heavy atom. The highest BCUT2D eigenvalue weighted by Gasteiger charge is 2.32. The molecular weight excluding hydrogens is 548 g/mol. The Morgan fingerprint density at radius 3 is 2.14 bits per heavy atom. The second-order valence-electron chi connectivity index (χ2n) is 9.93. The van der Waals surface area contributed by atoms with Gasteiger partial charge in [-0.25, -0.2) is 0 Å². The van der Waals surface area contributed by atoms with E-state index in [1.165, 1.54) is 0 Å². The molecule has 196 valence electrons. The smallest absolute Gasteiger partial charge is 0.243 e. The lowest BCUT2D eigenvalue weighted by Gasteiger charge is -2.34. The number of hydrogen-bond donors (Lipinski definition) is 1. The van der Waals surface area contributed by atoms with Gasteiger partial charge in [-0.2, -0.15) is 0 Å². The third-order valence-electron chi connectivity index (χ3n) is 5.69. The topological polar surface area (TPSA) is 58.6 Å². The van der Waals surface area contributed by atoms with Crippen molar-refractivity contribution in [1.82, 2.24) is 10.2 Å². The van der Waals surface area contributed by atoms with Crippen molar-refractivity contribution < 1.29 is 14.3 Å². The first-order chi connectivity index (χ1) is 17.6. The first kappa shape index (κ1) is 28.8. The van der Waals surface area contributed by atoms with E-state index in [0.717, 1.165) is 26.9 Å². The van der Waals surface area contributed by atoms with Crippen molar-refractivity contribution in [2.45, 2.75) is 51.1 Å². The molecule has 37 heavy (non-hydrogen) atoms. The molecule has 2 amide bonds. The standard InChI is InChI=1S/C30H35BrN2O3S/c1-30(2,3)32-29(35)27(18-22-8-6-5-7-9-22)33(19-23-10-14-25(31)15-11-23)28(34)21-37-20-24-12-16-26(36-4)17-13-24/h5-17,27H,18-21H2,1-4H3,(H,32,35). The van der Waals surface area contributed by atoms with Crippen molar-refractivity contribution in [1.29, 1.82) is 0 Å². The number of amides is 2. The molecule has 0 fully saturated rings. The Balaban J connectivity index is 1.84. The van der Waals surface area contributed by atoms with Crippen LogP contribution >= 0.6 is 27.7 Å². The van der Waals surface area contributed by atoms with Crippen LogP contribution in [0.1, 0.15) is 37.5 Å². The van der Waals surface area contributed by atoms with Gasteiger partial charge in [0.05, 0.1) is 12.9 Å². The number of thioether (sulfide) groups is 1. The molecule has 0 saturated heterocycles. The fourth-order valence-electron chi connectivity index (χ4n) is 3.85. The molecule has 0 bridgehead atoms. The summed E-state index contributed by atoms with van der Waals surface area (Å²) in [6.45, 7) is 6.21. The average Bonchev–Trinajstić information content (AvgIpc) is 2.87. The Kier molecular flexibility index (Phi) is 10.6. The van der Waals surface area contributed by atoms with E-state index in [9.17, 15) is 9.59 Å². The van der Waals surface area contributed by atoms with E-state index >= 15 is 0 Å². The summed E-state index contributed by atoms with van der Waals surface area (Å²) in [6.07, 6.45) is 0.439. The minimum Gasteiger partial charge on any atom is -0.497 e. The van der Waals surface area contributed by atoms with Crippen LogP contribution in [0, 0.1) is 0 Å². The molecule has 0 aliphatic rings. The summed E-state index contributed by atoms with van der Waals surface area (Å²) in [5.74, 6) is 1.56. The molecule has 5 nitrogen and oxygen atoms in total. The number of carbonyl (C=O) groups excluding carboxylic acids is 2. The predicted molar refractivity (Wildman–Crippen MR) is 156 cm³/mol. The molecule has 0 radical (unpaired) electrons. The molecule has 1 N–H and O–H groups in total. The highest BCUT2D eigenvalue weighted by Crippen LogP contribution is 2.21. The number of ether oxygens (including phenoxy) is 1. The van der Waals surface area contributed by atoms with E-state index in [0.29, 0.717) is 18.7 Å². The summed E-state index contributed by atoms with van der Waals surface area (Å²) in [5.41, 5.74) is 2.68. The molecule has 3 rings (SSSR count). The number of halogens is 1. The maximum Gasteiger partial charge on any atom is 0.243 e. The first-order valence-corrected chi connectivity index (χ1v) is 14.2. The molecule has 0 aliphatic carbocycles. The fourth-order valence-corrected chi connectivity index (χ4v) is 4.99. The summed E-state index contributed by atoms with van der Waals surface area (Å²) < 4.78 is 6.20. The molecule has 1 atom stereocenters. The molecule has 0 heterocycles. The third kappa shape index (κ3) is 9.56. The minimum absolute atomic E-state index is 0.0635. The number of nitrogens with one attached hydrogen (secondary N) is 1. The predicted octanol–water partition coefficient (Wildman–Crippen LogP) is 6.25. The van der Waals surface area contributed by atoms with Gasteiger partial charge in [0.1, 0.15) is 11.8 Å². The molecule has 1 unspecified atom stereocenters. The number of carbonyl (C=O) groups is 2. The third-order valence-corrected chi connectivity index (χ3v) is 7.21. The highest BCUT2D eigenvalue weighted by molar-refractivity contribution is 9.10. The van der Waals surface area contributed by atoms with Gasteiger partial charge >= 0.3 is 0 Å². The summed E-state index contributed by atoms with van der Waals surface area (Å²) in [4.78, 5) is 29.0. The van der Waals surface area contributed by atoms with Crippen LogP contribution in [-0.2, 0) is 28.3 Å². The SMILES string of the molecule is COc1ccc(CSCC(=O)N(Cc2ccc(Br)cc2)C(Cc2ccccc2)C(=O)NC(C)(C)C)cc1. The minimum atomic E-state index is -0.639. The van der Waals surface area contributed by atoms with Gasteiger partial charge < -0.3 is 15.0 Å². The van der Waals surface area contributed by atoms with Crippen LogP contribution in [-0.4, -0.2) is 41.2 Å². The Bertz CT molecular complexity index is 1150. The van der Waals surface area contributed by atoms with E-state index in [2.05, 4.69) is 21.2 Å². The average molecular weight is 584 g/mol. The van der Waals surface area contributed by atoms with Crippen molar-refractivity contribution in [3.8, 4) is 5.75 Å². The van der Waals surface area contributed by atoms with Crippen LogP contribution in [0.5, 0.6) is 5.75 Å². The van der Waals surface area contributed by atoms with Crippen molar-refractivity contribution in [3.05, 3.63) is 100 Å². The zero-order valence-electron chi connectivity index (χ0n) is 21.9.